The molecule has 0 saturated carbocycles. The molecule has 0 radical (unpaired) electrons. The van der Waals surface area contributed by atoms with E-state index in [-0.39, 0.29) is 5.57 Å². The second-order valence-electron chi connectivity index (χ2n) is 8.58. The van der Waals surface area contributed by atoms with E-state index in [1.165, 1.54) is 17.2 Å². The van der Waals surface area contributed by atoms with E-state index in [1.54, 1.807) is 48.5 Å². The van der Waals surface area contributed by atoms with Gasteiger partial charge in [-0.25, -0.2) is 9.69 Å². The van der Waals surface area contributed by atoms with Gasteiger partial charge in [0.2, 0.25) is 0 Å². The van der Waals surface area contributed by atoms with E-state index in [0.29, 0.717) is 36.0 Å². The van der Waals surface area contributed by atoms with Crippen molar-refractivity contribution in [1.82, 2.24) is 5.32 Å². The normalized spacial score (nSPS) is 14.7. The maximum Gasteiger partial charge on any atom is 0.335 e. The Morgan fingerprint density at radius 3 is 2.17 bits per heavy atom. The van der Waals surface area contributed by atoms with E-state index in [4.69, 9.17) is 9.47 Å². The maximum atomic E-state index is 13.1. The molecule has 7 heteroatoms. The van der Waals surface area contributed by atoms with Gasteiger partial charge >= 0.3 is 6.03 Å². The summed E-state index contributed by atoms with van der Waals surface area (Å²) < 4.78 is 11.4. The molecule has 3 aromatic rings. The van der Waals surface area contributed by atoms with Crippen molar-refractivity contribution >= 4 is 29.6 Å². The molecule has 0 bridgehead atoms. The second kappa shape index (κ2) is 10.9. The molecule has 1 fully saturated rings. The van der Waals surface area contributed by atoms with Crippen LogP contribution in [0.3, 0.4) is 0 Å². The van der Waals surface area contributed by atoms with E-state index in [9.17, 15) is 14.4 Å². The van der Waals surface area contributed by atoms with Gasteiger partial charge in [-0.1, -0.05) is 37.3 Å². The van der Waals surface area contributed by atoms with E-state index in [1.807, 2.05) is 13.0 Å². The largest absolute Gasteiger partial charge is 0.494 e. The Bertz CT molecular complexity index is 1310. The number of nitrogens with one attached hydrogen (secondary N) is 1. The van der Waals surface area contributed by atoms with Crippen LogP contribution in [-0.4, -0.2) is 24.5 Å². The van der Waals surface area contributed by atoms with Crippen molar-refractivity contribution in [2.45, 2.75) is 33.8 Å². The lowest BCUT2D eigenvalue weighted by Crippen LogP contribution is -2.54. The molecule has 1 aliphatic rings. The van der Waals surface area contributed by atoms with Gasteiger partial charge in [0.15, 0.2) is 0 Å². The fourth-order valence-corrected chi connectivity index (χ4v) is 3.69. The Balaban J connectivity index is 1.47. The van der Waals surface area contributed by atoms with Crippen molar-refractivity contribution in [3.8, 4) is 11.5 Å². The number of imide groups is 2. The predicted molar refractivity (Wildman–Crippen MR) is 138 cm³/mol. The number of carbonyl (C=O) groups is 3. The maximum absolute atomic E-state index is 13.1. The van der Waals surface area contributed by atoms with Crippen molar-refractivity contribution in [3.05, 3.63) is 94.6 Å². The number of carbonyl (C=O) groups excluding carboxylic acids is 3. The van der Waals surface area contributed by atoms with Crippen molar-refractivity contribution in [2.24, 2.45) is 0 Å². The first-order valence-electron chi connectivity index (χ1n) is 11.8. The number of barbiturate groups is 1. The molecule has 0 atom stereocenters. The summed E-state index contributed by atoms with van der Waals surface area (Å²) in [6, 6.07) is 19.0. The number of ether oxygens (including phenoxy) is 2. The molecule has 4 rings (SSSR count). The average molecular weight is 485 g/mol. The number of anilines is 1. The summed E-state index contributed by atoms with van der Waals surface area (Å²) in [6.07, 6.45) is 2.33. The quantitative estimate of drug-likeness (QED) is 0.345. The first-order chi connectivity index (χ1) is 17.4. The van der Waals surface area contributed by atoms with Gasteiger partial charge in [-0.3, -0.25) is 14.9 Å². The van der Waals surface area contributed by atoms with Crippen molar-refractivity contribution in [1.29, 1.82) is 0 Å². The third-order valence-corrected chi connectivity index (χ3v) is 5.84. The molecule has 184 valence electrons. The minimum atomic E-state index is -0.792. The first kappa shape index (κ1) is 24.7. The minimum absolute atomic E-state index is 0.135. The van der Waals surface area contributed by atoms with E-state index in [0.717, 1.165) is 16.9 Å². The van der Waals surface area contributed by atoms with Gasteiger partial charge in [0.1, 0.15) is 23.7 Å². The Morgan fingerprint density at radius 2 is 1.50 bits per heavy atom. The van der Waals surface area contributed by atoms with Crippen LogP contribution in [0.4, 0.5) is 10.5 Å². The number of hydrogen-bond donors (Lipinski definition) is 1. The van der Waals surface area contributed by atoms with E-state index in [2.05, 4.69) is 31.3 Å². The Morgan fingerprint density at radius 1 is 0.833 bits per heavy atom. The van der Waals surface area contributed by atoms with Crippen molar-refractivity contribution in [3.63, 3.8) is 0 Å². The van der Waals surface area contributed by atoms with Gasteiger partial charge < -0.3 is 9.47 Å². The lowest BCUT2D eigenvalue weighted by atomic mass is 10.1. The SMILES string of the molecule is CCCOc1ccc(N2C(=O)NC(=O)/C(=C/c3ccc(OCc4ccc(C)c(C)c4)cc3)C2=O)cc1. The van der Waals surface area contributed by atoms with Gasteiger partial charge in [0, 0.05) is 0 Å². The summed E-state index contributed by atoms with van der Waals surface area (Å²) in [4.78, 5) is 38.9. The number of aryl methyl sites for hydroxylation is 2. The summed E-state index contributed by atoms with van der Waals surface area (Å²) in [5.74, 6) is -0.130. The van der Waals surface area contributed by atoms with E-state index < -0.39 is 17.8 Å². The molecule has 0 aliphatic carbocycles. The van der Waals surface area contributed by atoms with Crippen molar-refractivity contribution in [2.75, 3.05) is 11.5 Å². The van der Waals surface area contributed by atoms with Crippen LogP contribution in [0.5, 0.6) is 11.5 Å². The molecule has 0 spiro atoms. The average Bonchev–Trinajstić information content (AvgIpc) is 2.87. The Kier molecular flexibility index (Phi) is 7.49. The van der Waals surface area contributed by atoms with Crippen LogP contribution >= 0.6 is 0 Å². The van der Waals surface area contributed by atoms with Gasteiger partial charge in [-0.2, -0.15) is 0 Å². The third kappa shape index (κ3) is 5.63. The zero-order valence-corrected chi connectivity index (χ0v) is 20.5. The zero-order valence-electron chi connectivity index (χ0n) is 20.5. The predicted octanol–water partition coefficient (Wildman–Crippen LogP) is 5.34. The molecule has 3 aromatic carbocycles. The van der Waals surface area contributed by atoms with Gasteiger partial charge in [0.05, 0.1) is 12.3 Å². The summed E-state index contributed by atoms with van der Waals surface area (Å²) in [5.41, 5.74) is 4.35. The molecular weight excluding hydrogens is 456 g/mol. The van der Waals surface area contributed by atoms with E-state index >= 15 is 0 Å². The number of benzene rings is 3. The highest BCUT2D eigenvalue weighted by Crippen LogP contribution is 2.25. The first-order valence-corrected chi connectivity index (χ1v) is 11.8. The van der Waals surface area contributed by atoms with Crippen molar-refractivity contribution < 1.29 is 23.9 Å². The minimum Gasteiger partial charge on any atom is -0.494 e. The van der Waals surface area contributed by atoms with Crippen LogP contribution in [0.2, 0.25) is 0 Å². The molecule has 4 amide bonds. The zero-order chi connectivity index (χ0) is 25.7. The Labute approximate surface area is 210 Å². The van der Waals surface area contributed by atoms with Crippen LogP contribution in [0.1, 0.15) is 35.6 Å². The fraction of sp³-hybridized carbons (Fsp3) is 0.207. The molecule has 1 aliphatic heterocycles. The molecule has 0 aromatic heterocycles. The highest BCUT2D eigenvalue weighted by molar-refractivity contribution is 6.39. The van der Waals surface area contributed by atoms with Crippen LogP contribution in [0.15, 0.2) is 72.3 Å². The Hall–Kier alpha value is -4.39. The topological polar surface area (TPSA) is 84.9 Å². The fourth-order valence-electron chi connectivity index (χ4n) is 3.69. The molecular formula is C29H28N2O5. The number of urea groups is 1. The molecule has 36 heavy (non-hydrogen) atoms. The number of hydrogen-bond acceptors (Lipinski definition) is 5. The lowest BCUT2D eigenvalue weighted by molar-refractivity contribution is -0.122. The van der Waals surface area contributed by atoms with Gasteiger partial charge in [-0.15, -0.1) is 0 Å². The lowest BCUT2D eigenvalue weighted by Gasteiger charge is -2.26. The summed E-state index contributed by atoms with van der Waals surface area (Å²) in [7, 11) is 0. The van der Waals surface area contributed by atoms with Crippen LogP contribution in [-0.2, 0) is 16.2 Å². The third-order valence-electron chi connectivity index (χ3n) is 5.84. The van der Waals surface area contributed by atoms with Crippen LogP contribution in [0, 0.1) is 13.8 Å². The molecule has 0 unspecified atom stereocenters. The standard InChI is InChI=1S/C29H28N2O5/c1-4-15-35-24-13-9-23(10-14-24)31-28(33)26(27(32)30-29(31)34)17-21-7-11-25(12-8-21)36-18-22-6-5-19(2)20(3)16-22/h5-14,16-17H,4,15,18H2,1-3H3,(H,30,32,34)/b26-17-. The highest BCUT2D eigenvalue weighted by Gasteiger charge is 2.36. The molecule has 1 heterocycles. The monoisotopic (exact) mass is 484 g/mol. The highest BCUT2D eigenvalue weighted by atomic mass is 16.5. The molecule has 1 N–H and O–H groups in total. The van der Waals surface area contributed by atoms with Crippen LogP contribution in [0.25, 0.3) is 6.08 Å². The molecule has 1 saturated heterocycles. The summed E-state index contributed by atoms with van der Waals surface area (Å²) in [6.45, 7) is 7.14. The van der Waals surface area contributed by atoms with Gasteiger partial charge in [0.25, 0.3) is 11.8 Å². The summed E-state index contributed by atoms with van der Waals surface area (Å²) >= 11 is 0. The number of nitrogens with zero attached hydrogens (tertiary/aromatic N) is 1. The van der Waals surface area contributed by atoms with Crippen LogP contribution < -0.4 is 19.7 Å². The number of amides is 4. The second-order valence-corrected chi connectivity index (χ2v) is 8.58. The molecule has 7 nitrogen and oxygen atoms in total. The summed E-state index contributed by atoms with van der Waals surface area (Å²) in [5, 5.41) is 2.24. The van der Waals surface area contributed by atoms with Gasteiger partial charge in [-0.05, 0) is 85.0 Å². The smallest absolute Gasteiger partial charge is 0.335 e. The number of rotatable bonds is 8.